The van der Waals surface area contributed by atoms with Gasteiger partial charge in [0.1, 0.15) is 0 Å². The van der Waals surface area contributed by atoms with Crippen LogP contribution in [0.4, 0.5) is 0 Å². The Labute approximate surface area is 138 Å². The lowest BCUT2D eigenvalue weighted by molar-refractivity contribution is 0.264. The zero-order chi connectivity index (χ0) is 15.2. The highest BCUT2D eigenvalue weighted by atomic mass is 79.9. The van der Waals surface area contributed by atoms with Crippen LogP contribution in [0.25, 0.3) is 0 Å². The van der Waals surface area contributed by atoms with E-state index in [1.165, 1.54) is 48.7 Å². The fourth-order valence-electron chi connectivity index (χ4n) is 3.54. The van der Waals surface area contributed by atoms with Crippen LogP contribution >= 0.6 is 15.9 Å². The summed E-state index contributed by atoms with van der Waals surface area (Å²) in [7, 11) is 0. The van der Waals surface area contributed by atoms with Gasteiger partial charge in [-0.15, -0.1) is 0 Å². The zero-order valence-electron chi connectivity index (χ0n) is 13.8. The molecule has 0 aliphatic heterocycles. The molecule has 1 aliphatic rings. The Balaban J connectivity index is 2.13. The standard InChI is InChI=1S/C17H30BrN3/c1-4-11-19-15(14-9-7-6-8-10-14)12-16-17(18)13(3)20-21(16)5-2/h14-15,19H,4-12H2,1-3H3. The van der Waals surface area contributed by atoms with Crippen molar-refractivity contribution in [2.75, 3.05) is 6.54 Å². The summed E-state index contributed by atoms with van der Waals surface area (Å²) in [4.78, 5) is 0. The van der Waals surface area contributed by atoms with Gasteiger partial charge in [-0.3, -0.25) is 4.68 Å². The van der Waals surface area contributed by atoms with E-state index >= 15 is 0 Å². The Kier molecular flexibility index (Phi) is 6.74. The Morgan fingerprint density at radius 3 is 2.62 bits per heavy atom. The second-order valence-corrected chi connectivity index (χ2v) is 7.12. The summed E-state index contributed by atoms with van der Waals surface area (Å²) < 4.78 is 3.38. The maximum atomic E-state index is 4.65. The minimum absolute atomic E-state index is 0.600. The van der Waals surface area contributed by atoms with Crippen molar-refractivity contribution >= 4 is 15.9 Å². The minimum Gasteiger partial charge on any atom is -0.313 e. The third-order valence-electron chi connectivity index (χ3n) is 4.74. The Bertz CT molecular complexity index is 435. The lowest BCUT2D eigenvalue weighted by Crippen LogP contribution is -2.40. The van der Waals surface area contributed by atoms with Gasteiger partial charge < -0.3 is 5.32 Å². The first-order valence-corrected chi connectivity index (χ1v) is 9.41. The van der Waals surface area contributed by atoms with E-state index in [0.717, 1.165) is 31.1 Å². The largest absolute Gasteiger partial charge is 0.313 e. The van der Waals surface area contributed by atoms with Crippen molar-refractivity contribution in [3.63, 3.8) is 0 Å². The highest BCUT2D eigenvalue weighted by Gasteiger charge is 2.26. The summed E-state index contributed by atoms with van der Waals surface area (Å²) in [5, 5.41) is 8.46. The average molecular weight is 356 g/mol. The van der Waals surface area contributed by atoms with Crippen LogP contribution in [0.2, 0.25) is 0 Å². The summed E-state index contributed by atoms with van der Waals surface area (Å²) in [6.45, 7) is 8.60. The van der Waals surface area contributed by atoms with Gasteiger partial charge in [-0.05, 0) is 61.5 Å². The predicted octanol–water partition coefficient (Wildman–Crippen LogP) is 4.46. The number of aromatic nitrogens is 2. The quantitative estimate of drug-likeness (QED) is 0.781. The van der Waals surface area contributed by atoms with Crippen LogP contribution in [0.15, 0.2) is 4.47 Å². The summed E-state index contributed by atoms with van der Waals surface area (Å²) in [5.41, 5.74) is 2.49. The Hall–Kier alpha value is -0.350. The van der Waals surface area contributed by atoms with Crippen LogP contribution in [0, 0.1) is 12.8 Å². The van der Waals surface area contributed by atoms with Gasteiger partial charge in [0.15, 0.2) is 0 Å². The van der Waals surface area contributed by atoms with E-state index < -0.39 is 0 Å². The van der Waals surface area contributed by atoms with Crippen LogP contribution in [-0.2, 0) is 13.0 Å². The van der Waals surface area contributed by atoms with Crippen LogP contribution in [0.5, 0.6) is 0 Å². The maximum absolute atomic E-state index is 4.65. The molecule has 1 N–H and O–H groups in total. The monoisotopic (exact) mass is 355 g/mol. The molecular weight excluding hydrogens is 326 g/mol. The van der Waals surface area contributed by atoms with E-state index in [1.54, 1.807) is 0 Å². The van der Waals surface area contributed by atoms with E-state index in [2.05, 4.69) is 51.8 Å². The van der Waals surface area contributed by atoms with Crippen LogP contribution < -0.4 is 5.32 Å². The second kappa shape index (κ2) is 8.33. The highest BCUT2D eigenvalue weighted by Crippen LogP contribution is 2.30. The van der Waals surface area contributed by atoms with Crippen molar-refractivity contribution in [3.05, 3.63) is 15.9 Å². The first-order valence-electron chi connectivity index (χ1n) is 8.62. The van der Waals surface area contributed by atoms with Crippen molar-refractivity contribution in [1.82, 2.24) is 15.1 Å². The molecule has 4 heteroatoms. The summed E-state index contributed by atoms with van der Waals surface area (Å²) in [6.07, 6.45) is 9.31. The minimum atomic E-state index is 0.600. The summed E-state index contributed by atoms with van der Waals surface area (Å²) >= 11 is 3.75. The SMILES string of the molecule is CCCNC(Cc1c(Br)c(C)nn1CC)C1CCCCC1. The Morgan fingerprint density at radius 1 is 1.29 bits per heavy atom. The number of hydrogen-bond donors (Lipinski definition) is 1. The van der Waals surface area contributed by atoms with E-state index in [4.69, 9.17) is 0 Å². The molecule has 1 unspecified atom stereocenters. The average Bonchev–Trinajstić information content (AvgIpc) is 2.79. The second-order valence-electron chi connectivity index (χ2n) is 6.32. The lowest BCUT2D eigenvalue weighted by Gasteiger charge is -2.31. The van der Waals surface area contributed by atoms with E-state index in [9.17, 15) is 0 Å². The van der Waals surface area contributed by atoms with E-state index in [1.807, 2.05) is 0 Å². The molecule has 120 valence electrons. The van der Waals surface area contributed by atoms with Gasteiger partial charge in [0.25, 0.3) is 0 Å². The molecule has 1 aliphatic carbocycles. The molecule has 0 aromatic carbocycles. The van der Waals surface area contributed by atoms with Gasteiger partial charge in [-0.1, -0.05) is 26.2 Å². The van der Waals surface area contributed by atoms with E-state index in [-0.39, 0.29) is 0 Å². The fraction of sp³-hybridized carbons (Fsp3) is 0.824. The van der Waals surface area contributed by atoms with Gasteiger partial charge in [-0.2, -0.15) is 5.10 Å². The molecular formula is C17H30BrN3. The number of aryl methyl sites for hydroxylation is 2. The van der Waals surface area contributed by atoms with Crippen molar-refractivity contribution in [2.24, 2.45) is 5.92 Å². The molecule has 0 bridgehead atoms. The molecule has 1 fully saturated rings. The Morgan fingerprint density at radius 2 is 2.00 bits per heavy atom. The third kappa shape index (κ3) is 4.32. The zero-order valence-corrected chi connectivity index (χ0v) is 15.4. The topological polar surface area (TPSA) is 29.9 Å². The highest BCUT2D eigenvalue weighted by molar-refractivity contribution is 9.10. The number of nitrogens with one attached hydrogen (secondary N) is 1. The molecule has 0 radical (unpaired) electrons. The normalized spacial score (nSPS) is 18.1. The van der Waals surface area contributed by atoms with Crippen molar-refractivity contribution in [3.8, 4) is 0 Å². The molecule has 21 heavy (non-hydrogen) atoms. The molecule has 1 aromatic heterocycles. The summed E-state index contributed by atoms with van der Waals surface area (Å²) in [6, 6.07) is 0.600. The first-order chi connectivity index (χ1) is 10.2. The van der Waals surface area contributed by atoms with Crippen molar-refractivity contribution < 1.29 is 0 Å². The first kappa shape index (κ1) is 17.0. The van der Waals surface area contributed by atoms with Crippen LogP contribution in [0.3, 0.4) is 0 Å². The molecule has 1 heterocycles. The van der Waals surface area contributed by atoms with Gasteiger partial charge in [0.05, 0.1) is 15.9 Å². The molecule has 2 rings (SSSR count). The number of halogens is 1. The van der Waals surface area contributed by atoms with Crippen molar-refractivity contribution in [1.29, 1.82) is 0 Å². The molecule has 3 nitrogen and oxygen atoms in total. The van der Waals surface area contributed by atoms with Gasteiger partial charge in [-0.25, -0.2) is 0 Å². The molecule has 1 aromatic rings. The van der Waals surface area contributed by atoms with Gasteiger partial charge in [0, 0.05) is 19.0 Å². The number of hydrogen-bond acceptors (Lipinski definition) is 2. The fourth-order valence-corrected chi connectivity index (χ4v) is 3.99. The van der Waals surface area contributed by atoms with E-state index in [0.29, 0.717) is 6.04 Å². The van der Waals surface area contributed by atoms with Gasteiger partial charge >= 0.3 is 0 Å². The summed E-state index contributed by atoms with van der Waals surface area (Å²) in [5.74, 6) is 0.831. The lowest BCUT2D eigenvalue weighted by atomic mass is 9.82. The predicted molar refractivity (Wildman–Crippen MR) is 92.7 cm³/mol. The van der Waals surface area contributed by atoms with Gasteiger partial charge in [0.2, 0.25) is 0 Å². The molecule has 1 saturated carbocycles. The number of rotatable bonds is 7. The number of nitrogens with zero attached hydrogens (tertiary/aromatic N) is 2. The maximum Gasteiger partial charge on any atom is 0.0738 e. The third-order valence-corrected chi connectivity index (χ3v) is 5.77. The smallest absolute Gasteiger partial charge is 0.0738 e. The van der Waals surface area contributed by atoms with Crippen LogP contribution in [-0.4, -0.2) is 22.4 Å². The van der Waals surface area contributed by atoms with Crippen molar-refractivity contribution in [2.45, 2.75) is 78.3 Å². The molecule has 0 amide bonds. The molecule has 1 atom stereocenters. The molecule has 0 spiro atoms. The molecule has 0 saturated heterocycles. The van der Waals surface area contributed by atoms with Crippen LogP contribution in [0.1, 0.15) is 63.8 Å².